The monoisotopic (exact) mass is 281 g/mol. The summed E-state index contributed by atoms with van der Waals surface area (Å²) in [5, 5.41) is 4.93. The molecule has 2 heterocycles. The van der Waals surface area contributed by atoms with E-state index in [2.05, 4.69) is 10.2 Å². The second-order valence-electron chi connectivity index (χ2n) is 4.84. The van der Waals surface area contributed by atoms with E-state index in [1.807, 2.05) is 24.4 Å². The molecule has 104 valence electrons. The van der Waals surface area contributed by atoms with Crippen LogP contribution in [0.5, 0.6) is 0 Å². The molecule has 3 N–H and O–H groups in total. The minimum absolute atomic E-state index is 0.00333. The Bertz CT molecular complexity index is 439. The number of piperidine rings is 1. The topological polar surface area (TPSA) is 75.4 Å². The van der Waals surface area contributed by atoms with Crippen molar-refractivity contribution in [3.05, 3.63) is 22.4 Å². The fourth-order valence-electron chi connectivity index (χ4n) is 2.28. The van der Waals surface area contributed by atoms with Gasteiger partial charge in [0.15, 0.2) is 0 Å². The van der Waals surface area contributed by atoms with Gasteiger partial charge >= 0.3 is 0 Å². The summed E-state index contributed by atoms with van der Waals surface area (Å²) in [4.78, 5) is 25.8. The summed E-state index contributed by atoms with van der Waals surface area (Å²) in [6.07, 6.45) is 1.71. The van der Waals surface area contributed by atoms with Crippen LogP contribution in [0, 0.1) is 0 Å². The Kier molecular flexibility index (Phi) is 4.55. The molecule has 0 bridgehead atoms. The van der Waals surface area contributed by atoms with Gasteiger partial charge in [-0.2, -0.15) is 0 Å². The lowest BCUT2D eigenvalue weighted by Gasteiger charge is -2.34. The van der Waals surface area contributed by atoms with Crippen LogP contribution >= 0.6 is 11.3 Å². The molecule has 5 nitrogen and oxygen atoms in total. The Balaban J connectivity index is 1.81. The van der Waals surface area contributed by atoms with E-state index in [1.165, 1.54) is 11.3 Å². The highest BCUT2D eigenvalue weighted by atomic mass is 32.1. The molecular weight excluding hydrogens is 262 g/mol. The summed E-state index contributed by atoms with van der Waals surface area (Å²) >= 11 is 1.45. The van der Waals surface area contributed by atoms with Crippen LogP contribution in [0.15, 0.2) is 17.5 Å². The smallest absolute Gasteiger partial charge is 0.261 e. The van der Waals surface area contributed by atoms with E-state index in [0.29, 0.717) is 0 Å². The van der Waals surface area contributed by atoms with Gasteiger partial charge in [0.05, 0.1) is 10.9 Å². The predicted octanol–water partition coefficient (Wildman–Crippen LogP) is 0.816. The third kappa shape index (κ3) is 3.54. The van der Waals surface area contributed by atoms with Gasteiger partial charge in [0, 0.05) is 19.1 Å². The standard InChI is InChI=1S/C13H19N3O2S/c1-9(12(14)17)16-6-4-10(5-7-16)15-13(18)11-3-2-8-19-11/h2-3,8-10H,4-7H2,1H3,(H2,14,17)(H,15,18)/t9-/m1/s1. The Hall–Kier alpha value is -1.40. The number of nitrogens with one attached hydrogen (secondary N) is 1. The molecule has 1 saturated heterocycles. The van der Waals surface area contributed by atoms with Crippen LogP contribution < -0.4 is 11.1 Å². The van der Waals surface area contributed by atoms with Gasteiger partial charge in [-0.25, -0.2) is 0 Å². The number of carbonyl (C=O) groups is 2. The zero-order chi connectivity index (χ0) is 13.8. The lowest BCUT2D eigenvalue weighted by molar-refractivity contribution is -0.123. The Morgan fingerprint density at radius 2 is 2.16 bits per heavy atom. The molecule has 1 aliphatic heterocycles. The Morgan fingerprint density at radius 3 is 2.68 bits per heavy atom. The van der Waals surface area contributed by atoms with Crippen molar-refractivity contribution < 1.29 is 9.59 Å². The maximum Gasteiger partial charge on any atom is 0.261 e. The molecule has 1 aromatic heterocycles. The second-order valence-corrected chi connectivity index (χ2v) is 5.79. The third-order valence-corrected chi connectivity index (χ3v) is 4.44. The molecule has 0 unspecified atom stereocenters. The minimum atomic E-state index is -0.291. The number of amides is 2. The number of primary amides is 1. The second kappa shape index (κ2) is 6.16. The summed E-state index contributed by atoms with van der Waals surface area (Å²) in [6, 6.07) is 3.65. The van der Waals surface area contributed by atoms with Crippen LogP contribution in [0.4, 0.5) is 0 Å². The first-order chi connectivity index (χ1) is 9.08. The predicted molar refractivity (Wildman–Crippen MR) is 75.0 cm³/mol. The number of carbonyl (C=O) groups excluding carboxylic acids is 2. The molecule has 1 aliphatic rings. The van der Waals surface area contributed by atoms with Crippen molar-refractivity contribution in [2.75, 3.05) is 13.1 Å². The van der Waals surface area contributed by atoms with Gasteiger partial charge in [-0.3, -0.25) is 14.5 Å². The molecule has 0 aliphatic carbocycles. The first kappa shape index (κ1) is 14.0. The van der Waals surface area contributed by atoms with Crippen LogP contribution in [0.25, 0.3) is 0 Å². The van der Waals surface area contributed by atoms with Crippen molar-refractivity contribution in [2.45, 2.75) is 31.8 Å². The molecule has 19 heavy (non-hydrogen) atoms. The molecule has 0 radical (unpaired) electrons. The average Bonchev–Trinajstić information content (AvgIpc) is 2.92. The van der Waals surface area contributed by atoms with Gasteiger partial charge in [-0.05, 0) is 31.2 Å². The molecule has 1 atom stereocenters. The van der Waals surface area contributed by atoms with E-state index in [1.54, 1.807) is 0 Å². The summed E-state index contributed by atoms with van der Waals surface area (Å²) in [6.45, 7) is 3.41. The number of thiophene rings is 1. The Morgan fingerprint density at radius 1 is 1.47 bits per heavy atom. The molecule has 2 rings (SSSR count). The van der Waals surface area contributed by atoms with Crippen molar-refractivity contribution in [1.29, 1.82) is 0 Å². The average molecular weight is 281 g/mol. The van der Waals surface area contributed by atoms with Gasteiger partial charge in [-0.15, -0.1) is 11.3 Å². The molecule has 0 spiro atoms. The van der Waals surface area contributed by atoms with E-state index < -0.39 is 0 Å². The summed E-state index contributed by atoms with van der Waals surface area (Å²) < 4.78 is 0. The van der Waals surface area contributed by atoms with Crippen molar-refractivity contribution >= 4 is 23.2 Å². The highest BCUT2D eigenvalue weighted by molar-refractivity contribution is 7.12. The van der Waals surface area contributed by atoms with Crippen molar-refractivity contribution in [3.63, 3.8) is 0 Å². The number of nitrogens with two attached hydrogens (primary N) is 1. The number of rotatable bonds is 4. The van der Waals surface area contributed by atoms with Gasteiger partial charge in [-0.1, -0.05) is 6.07 Å². The maximum atomic E-state index is 11.9. The normalized spacial score (nSPS) is 19.0. The zero-order valence-corrected chi connectivity index (χ0v) is 11.8. The number of likely N-dealkylation sites (tertiary alicyclic amines) is 1. The summed E-state index contributed by atoms with van der Waals surface area (Å²) in [7, 11) is 0. The minimum Gasteiger partial charge on any atom is -0.368 e. The van der Waals surface area contributed by atoms with E-state index in [4.69, 9.17) is 5.73 Å². The quantitative estimate of drug-likeness (QED) is 0.858. The molecular formula is C13H19N3O2S. The van der Waals surface area contributed by atoms with Crippen LogP contribution in [0.1, 0.15) is 29.4 Å². The van der Waals surface area contributed by atoms with Gasteiger partial charge in [0.2, 0.25) is 5.91 Å². The third-order valence-electron chi connectivity index (χ3n) is 3.57. The van der Waals surface area contributed by atoms with E-state index in [9.17, 15) is 9.59 Å². The fourth-order valence-corrected chi connectivity index (χ4v) is 2.90. The van der Waals surface area contributed by atoms with Gasteiger partial charge in [0.25, 0.3) is 5.91 Å². The van der Waals surface area contributed by atoms with Crippen LogP contribution in [0.3, 0.4) is 0 Å². The van der Waals surface area contributed by atoms with Gasteiger partial charge in [0.1, 0.15) is 0 Å². The SMILES string of the molecule is C[C@H](C(N)=O)N1CCC(NC(=O)c2cccs2)CC1. The maximum absolute atomic E-state index is 11.9. The molecule has 0 aromatic carbocycles. The lowest BCUT2D eigenvalue weighted by Crippen LogP contribution is -2.50. The van der Waals surface area contributed by atoms with Crippen molar-refractivity contribution in [1.82, 2.24) is 10.2 Å². The largest absolute Gasteiger partial charge is 0.368 e. The fraction of sp³-hybridized carbons (Fsp3) is 0.538. The van der Waals surface area contributed by atoms with E-state index in [-0.39, 0.29) is 23.9 Å². The lowest BCUT2D eigenvalue weighted by atomic mass is 10.0. The van der Waals surface area contributed by atoms with Crippen molar-refractivity contribution in [3.8, 4) is 0 Å². The summed E-state index contributed by atoms with van der Waals surface area (Å²) in [5.74, 6) is -0.294. The Labute approximate surface area is 116 Å². The number of nitrogens with zero attached hydrogens (tertiary/aromatic N) is 1. The first-order valence-electron chi connectivity index (χ1n) is 6.45. The van der Waals surface area contributed by atoms with Crippen LogP contribution in [-0.4, -0.2) is 41.9 Å². The number of hydrogen-bond donors (Lipinski definition) is 2. The van der Waals surface area contributed by atoms with Crippen LogP contribution in [0.2, 0.25) is 0 Å². The highest BCUT2D eigenvalue weighted by Gasteiger charge is 2.26. The molecule has 0 saturated carbocycles. The molecule has 1 aromatic rings. The number of hydrogen-bond acceptors (Lipinski definition) is 4. The van der Waals surface area contributed by atoms with Crippen LogP contribution in [-0.2, 0) is 4.79 Å². The van der Waals surface area contributed by atoms with Gasteiger partial charge < -0.3 is 11.1 Å². The zero-order valence-electron chi connectivity index (χ0n) is 11.0. The summed E-state index contributed by atoms with van der Waals surface area (Å²) in [5.41, 5.74) is 5.30. The molecule has 1 fully saturated rings. The molecule has 6 heteroatoms. The first-order valence-corrected chi connectivity index (χ1v) is 7.33. The van der Waals surface area contributed by atoms with E-state index >= 15 is 0 Å². The van der Waals surface area contributed by atoms with Crippen molar-refractivity contribution in [2.24, 2.45) is 5.73 Å². The highest BCUT2D eigenvalue weighted by Crippen LogP contribution is 2.15. The van der Waals surface area contributed by atoms with E-state index in [0.717, 1.165) is 30.8 Å². The molecule has 2 amide bonds.